The Labute approximate surface area is 115 Å². The van der Waals surface area contributed by atoms with Gasteiger partial charge in [-0.2, -0.15) is 0 Å². The molecule has 19 heavy (non-hydrogen) atoms. The van der Waals surface area contributed by atoms with E-state index in [1.807, 2.05) is 0 Å². The van der Waals surface area contributed by atoms with Gasteiger partial charge >= 0.3 is 0 Å². The lowest BCUT2D eigenvalue weighted by molar-refractivity contribution is -0.120. The molecule has 0 atom stereocenters. The Morgan fingerprint density at radius 2 is 1.95 bits per heavy atom. The molecule has 1 amide bonds. The number of hydrogen-bond acceptors (Lipinski definition) is 2. The van der Waals surface area contributed by atoms with Crippen molar-refractivity contribution in [2.24, 2.45) is 0 Å². The second-order valence-electron chi connectivity index (χ2n) is 5.19. The largest absolute Gasteiger partial charge is 0.355 e. The van der Waals surface area contributed by atoms with Crippen LogP contribution in [0, 0.1) is 0 Å². The Hall–Kier alpha value is -1.35. The number of nitrogens with one attached hydrogen (secondary N) is 2. The lowest BCUT2D eigenvalue weighted by Gasteiger charge is -2.16. The second kappa shape index (κ2) is 7.29. The van der Waals surface area contributed by atoms with Crippen molar-refractivity contribution in [3.05, 3.63) is 34.9 Å². The molecular weight excluding hydrogens is 236 g/mol. The maximum Gasteiger partial charge on any atom is 0.224 e. The fraction of sp³-hybridized carbons (Fsp3) is 0.562. The number of likely N-dealkylation sites (N-methyl/N-ethyl adjacent to an activating group) is 1. The standard InChI is InChI=1S/C16H24N2O/c1-2-17-9-10-18-16(19)12-13-7-8-14-5-3-4-6-15(14)11-13/h7-8,11,17H,2-6,9-10,12H2,1H3,(H,18,19). The van der Waals surface area contributed by atoms with Gasteiger partial charge in [0.1, 0.15) is 0 Å². The van der Waals surface area contributed by atoms with Crippen LogP contribution in [0.1, 0.15) is 36.5 Å². The van der Waals surface area contributed by atoms with Crippen LogP contribution in [0.3, 0.4) is 0 Å². The van der Waals surface area contributed by atoms with Crippen LogP contribution in [0.4, 0.5) is 0 Å². The first-order chi connectivity index (χ1) is 9.29. The molecule has 2 rings (SSSR count). The quantitative estimate of drug-likeness (QED) is 0.766. The lowest BCUT2D eigenvalue weighted by Crippen LogP contribution is -2.32. The number of amides is 1. The van der Waals surface area contributed by atoms with Crippen molar-refractivity contribution in [2.45, 2.75) is 39.0 Å². The molecule has 1 aromatic rings. The summed E-state index contributed by atoms with van der Waals surface area (Å²) in [4.78, 5) is 11.8. The zero-order valence-electron chi connectivity index (χ0n) is 11.8. The number of carbonyl (C=O) groups is 1. The Morgan fingerprint density at radius 3 is 2.74 bits per heavy atom. The first-order valence-corrected chi connectivity index (χ1v) is 7.37. The average molecular weight is 260 g/mol. The summed E-state index contributed by atoms with van der Waals surface area (Å²) in [6.07, 6.45) is 5.46. The van der Waals surface area contributed by atoms with E-state index in [0.717, 1.165) is 18.7 Å². The third kappa shape index (κ3) is 4.35. The normalized spacial score (nSPS) is 13.9. The van der Waals surface area contributed by atoms with Crippen molar-refractivity contribution in [3.8, 4) is 0 Å². The van der Waals surface area contributed by atoms with Gasteiger partial charge in [0.15, 0.2) is 0 Å². The maximum atomic E-state index is 11.8. The van der Waals surface area contributed by atoms with Gasteiger partial charge in [0.25, 0.3) is 0 Å². The van der Waals surface area contributed by atoms with Gasteiger partial charge in [-0.05, 0) is 48.9 Å². The molecule has 0 bridgehead atoms. The first-order valence-electron chi connectivity index (χ1n) is 7.37. The minimum Gasteiger partial charge on any atom is -0.355 e. The molecule has 0 saturated heterocycles. The van der Waals surface area contributed by atoms with Gasteiger partial charge in [-0.3, -0.25) is 4.79 Å². The predicted molar refractivity (Wildman–Crippen MR) is 78.3 cm³/mol. The molecule has 3 heteroatoms. The van der Waals surface area contributed by atoms with E-state index in [0.29, 0.717) is 13.0 Å². The molecule has 1 aromatic carbocycles. The Bertz CT molecular complexity index is 429. The second-order valence-corrected chi connectivity index (χ2v) is 5.19. The summed E-state index contributed by atoms with van der Waals surface area (Å²) in [5.74, 6) is 0.119. The molecule has 0 aliphatic heterocycles. The molecule has 0 unspecified atom stereocenters. The maximum absolute atomic E-state index is 11.8. The van der Waals surface area contributed by atoms with E-state index in [2.05, 4.69) is 35.8 Å². The highest BCUT2D eigenvalue weighted by atomic mass is 16.1. The van der Waals surface area contributed by atoms with Crippen LogP contribution < -0.4 is 10.6 Å². The monoisotopic (exact) mass is 260 g/mol. The summed E-state index contributed by atoms with van der Waals surface area (Å²) in [7, 11) is 0. The summed E-state index contributed by atoms with van der Waals surface area (Å²) < 4.78 is 0. The van der Waals surface area contributed by atoms with Gasteiger partial charge in [-0.25, -0.2) is 0 Å². The third-order valence-corrected chi connectivity index (χ3v) is 3.65. The SMILES string of the molecule is CCNCCNC(=O)Cc1ccc2c(c1)CCCC2. The molecule has 0 spiro atoms. The minimum atomic E-state index is 0.119. The minimum absolute atomic E-state index is 0.119. The number of aryl methyl sites for hydroxylation is 2. The summed E-state index contributed by atoms with van der Waals surface area (Å²) in [5.41, 5.74) is 4.06. The van der Waals surface area contributed by atoms with Gasteiger partial charge in [-0.1, -0.05) is 25.1 Å². The summed E-state index contributed by atoms with van der Waals surface area (Å²) >= 11 is 0. The number of rotatable bonds is 6. The molecule has 1 aliphatic carbocycles. The van der Waals surface area contributed by atoms with Crippen LogP contribution >= 0.6 is 0 Å². The molecule has 2 N–H and O–H groups in total. The third-order valence-electron chi connectivity index (χ3n) is 3.65. The fourth-order valence-corrected chi connectivity index (χ4v) is 2.61. The highest BCUT2D eigenvalue weighted by molar-refractivity contribution is 5.78. The van der Waals surface area contributed by atoms with Crippen LogP contribution in [-0.4, -0.2) is 25.5 Å². The van der Waals surface area contributed by atoms with Crippen molar-refractivity contribution < 1.29 is 4.79 Å². The van der Waals surface area contributed by atoms with Crippen LogP contribution in [-0.2, 0) is 24.1 Å². The van der Waals surface area contributed by atoms with Crippen molar-refractivity contribution in [1.82, 2.24) is 10.6 Å². The van der Waals surface area contributed by atoms with Gasteiger partial charge in [0.2, 0.25) is 5.91 Å². The Balaban J connectivity index is 1.83. The van der Waals surface area contributed by atoms with E-state index in [1.165, 1.54) is 36.8 Å². The van der Waals surface area contributed by atoms with Crippen LogP contribution in [0.5, 0.6) is 0 Å². The van der Waals surface area contributed by atoms with E-state index in [9.17, 15) is 4.79 Å². The lowest BCUT2D eigenvalue weighted by atomic mass is 9.90. The topological polar surface area (TPSA) is 41.1 Å². The van der Waals surface area contributed by atoms with E-state index >= 15 is 0 Å². The van der Waals surface area contributed by atoms with Crippen LogP contribution in [0.15, 0.2) is 18.2 Å². The molecular formula is C16H24N2O. The first kappa shape index (κ1) is 14.1. The van der Waals surface area contributed by atoms with Crippen LogP contribution in [0.25, 0.3) is 0 Å². The summed E-state index contributed by atoms with van der Waals surface area (Å²) in [6, 6.07) is 6.53. The highest BCUT2D eigenvalue weighted by Gasteiger charge is 2.10. The number of benzene rings is 1. The number of carbonyl (C=O) groups excluding carboxylic acids is 1. The van der Waals surface area contributed by atoms with E-state index in [-0.39, 0.29) is 5.91 Å². The zero-order valence-corrected chi connectivity index (χ0v) is 11.8. The Kier molecular flexibility index (Phi) is 5.40. The zero-order chi connectivity index (χ0) is 13.5. The fourth-order valence-electron chi connectivity index (χ4n) is 2.61. The van der Waals surface area contributed by atoms with E-state index in [1.54, 1.807) is 0 Å². The predicted octanol–water partition coefficient (Wildman–Crippen LogP) is 1.83. The molecule has 3 nitrogen and oxygen atoms in total. The van der Waals surface area contributed by atoms with Gasteiger partial charge in [-0.15, -0.1) is 0 Å². The summed E-state index contributed by atoms with van der Waals surface area (Å²) in [5, 5.41) is 6.14. The smallest absolute Gasteiger partial charge is 0.224 e. The molecule has 0 saturated carbocycles. The number of fused-ring (bicyclic) bond motifs is 1. The molecule has 1 aliphatic rings. The highest BCUT2D eigenvalue weighted by Crippen LogP contribution is 2.22. The molecule has 0 fully saturated rings. The van der Waals surface area contributed by atoms with Crippen molar-refractivity contribution >= 4 is 5.91 Å². The molecule has 0 aromatic heterocycles. The molecule has 0 heterocycles. The van der Waals surface area contributed by atoms with Crippen molar-refractivity contribution in [2.75, 3.05) is 19.6 Å². The van der Waals surface area contributed by atoms with Gasteiger partial charge in [0, 0.05) is 13.1 Å². The molecule has 104 valence electrons. The van der Waals surface area contributed by atoms with Crippen molar-refractivity contribution in [3.63, 3.8) is 0 Å². The van der Waals surface area contributed by atoms with E-state index < -0.39 is 0 Å². The van der Waals surface area contributed by atoms with Gasteiger partial charge < -0.3 is 10.6 Å². The van der Waals surface area contributed by atoms with E-state index in [4.69, 9.17) is 0 Å². The Morgan fingerprint density at radius 1 is 1.16 bits per heavy atom. The average Bonchev–Trinajstić information content (AvgIpc) is 2.43. The summed E-state index contributed by atoms with van der Waals surface area (Å²) in [6.45, 7) is 4.56. The number of hydrogen-bond donors (Lipinski definition) is 2. The van der Waals surface area contributed by atoms with Gasteiger partial charge in [0.05, 0.1) is 6.42 Å². The van der Waals surface area contributed by atoms with Crippen molar-refractivity contribution in [1.29, 1.82) is 0 Å². The van der Waals surface area contributed by atoms with Crippen LogP contribution in [0.2, 0.25) is 0 Å². The molecule has 0 radical (unpaired) electrons.